The third kappa shape index (κ3) is 3.30. The third-order valence-corrected chi connectivity index (χ3v) is 4.90. The summed E-state index contributed by atoms with van der Waals surface area (Å²) >= 11 is 5.94. The lowest BCUT2D eigenvalue weighted by molar-refractivity contribution is 0.567. The van der Waals surface area contributed by atoms with Gasteiger partial charge >= 0.3 is 0 Å². The molecule has 1 atom stereocenters. The predicted molar refractivity (Wildman–Crippen MR) is 81.0 cm³/mol. The first-order chi connectivity index (χ1) is 9.40. The van der Waals surface area contributed by atoms with Gasteiger partial charge in [-0.2, -0.15) is 0 Å². The van der Waals surface area contributed by atoms with Crippen LogP contribution in [-0.4, -0.2) is 8.42 Å². The zero-order valence-corrected chi connectivity index (χ0v) is 12.4. The van der Waals surface area contributed by atoms with Crippen LogP contribution in [0.2, 0.25) is 5.02 Å². The number of hydrogen-bond acceptors (Lipinski definition) is 3. The van der Waals surface area contributed by atoms with Gasteiger partial charge in [-0.25, -0.2) is 13.1 Å². The molecule has 0 radical (unpaired) electrons. The van der Waals surface area contributed by atoms with Gasteiger partial charge in [0, 0.05) is 11.7 Å². The highest BCUT2D eigenvalue weighted by molar-refractivity contribution is 7.89. The maximum atomic E-state index is 12.3. The normalized spacial score (nSPS) is 13.1. The number of rotatable bonds is 4. The summed E-state index contributed by atoms with van der Waals surface area (Å²) in [6.07, 6.45) is 0. The van der Waals surface area contributed by atoms with Gasteiger partial charge < -0.3 is 5.73 Å². The first-order valence-electron chi connectivity index (χ1n) is 6.02. The molecular weight excluding hydrogens is 296 g/mol. The minimum Gasteiger partial charge on any atom is -0.399 e. The van der Waals surface area contributed by atoms with Crippen LogP contribution >= 0.6 is 11.6 Å². The molecule has 106 valence electrons. The van der Waals surface area contributed by atoms with E-state index in [0.717, 1.165) is 5.56 Å². The SMILES string of the molecule is C[C@@H](NS(=O)(=O)c1ccc(N)cc1Cl)c1ccccc1. The molecule has 2 rings (SSSR count). The van der Waals surface area contributed by atoms with Crippen molar-refractivity contribution in [3.63, 3.8) is 0 Å². The van der Waals surface area contributed by atoms with E-state index in [2.05, 4.69) is 4.72 Å². The van der Waals surface area contributed by atoms with E-state index in [-0.39, 0.29) is 16.0 Å². The van der Waals surface area contributed by atoms with Crippen LogP contribution in [-0.2, 0) is 10.0 Å². The molecule has 4 nitrogen and oxygen atoms in total. The molecule has 0 heterocycles. The largest absolute Gasteiger partial charge is 0.399 e. The number of sulfonamides is 1. The number of nitrogens with one attached hydrogen (secondary N) is 1. The monoisotopic (exact) mass is 310 g/mol. The molecular formula is C14H15ClN2O2S. The van der Waals surface area contributed by atoms with Crippen LogP contribution in [0.25, 0.3) is 0 Å². The fourth-order valence-corrected chi connectivity index (χ4v) is 3.63. The molecule has 0 saturated heterocycles. The van der Waals surface area contributed by atoms with Crippen molar-refractivity contribution >= 4 is 27.3 Å². The molecule has 3 N–H and O–H groups in total. The molecule has 6 heteroatoms. The van der Waals surface area contributed by atoms with E-state index < -0.39 is 10.0 Å². The maximum absolute atomic E-state index is 12.3. The quantitative estimate of drug-likeness (QED) is 0.853. The Morgan fingerprint density at radius 2 is 1.80 bits per heavy atom. The van der Waals surface area contributed by atoms with Crippen LogP contribution in [0.4, 0.5) is 5.69 Å². The lowest BCUT2D eigenvalue weighted by Crippen LogP contribution is -2.27. The van der Waals surface area contributed by atoms with Crippen molar-refractivity contribution in [1.29, 1.82) is 0 Å². The lowest BCUT2D eigenvalue weighted by atomic mass is 10.1. The molecule has 0 saturated carbocycles. The standard InChI is InChI=1S/C14H15ClN2O2S/c1-10(11-5-3-2-4-6-11)17-20(18,19)14-8-7-12(16)9-13(14)15/h2-10,17H,16H2,1H3/t10-/m1/s1. The van der Waals surface area contributed by atoms with Crippen molar-refractivity contribution in [2.75, 3.05) is 5.73 Å². The molecule has 0 aromatic heterocycles. The van der Waals surface area contributed by atoms with E-state index in [1.165, 1.54) is 18.2 Å². The Hall–Kier alpha value is -1.56. The molecule has 0 spiro atoms. The molecule has 2 aromatic rings. The summed E-state index contributed by atoms with van der Waals surface area (Å²) in [4.78, 5) is 0.0242. The van der Waals surface area contributed by atoms with Crippen molar-refractivity contribution < 1.29 is 8.42 Å². The van der Waals surface area contributed by atoms with E-state index in [4.69, 9.17) is 17.3 Å². The summed E-state index contributed by atoms with van der Waals surface area (Å²) < 4.78 is 27.2. The zero-order chi connectivity index (χ0) is 14.8. The summed E-state index contributed by atoms with van der Waals surface area (Å²) in [7, 11) is -3.69. The van der Waals surface area contributed by atoms with E-state index in [9.17, 15) is 8.42 Å². The number of benzene rings is 2. The zero-order valence-electron chi connectivity index (χ0n) is 10.9. The Morgan fingerprint density at radius 1 is 1.15 bits per heavy atom. The Morgan fingerprint density at radius 3 is 2.40 bits per heavy atom. The molecule has 0 bridgehead atoms. The van der Waals surface area contributed by atoms with Gasteiger partial charge in [-0.3, -0.25) is 0 Å². The van der Waals surface area contributed by atoms with Gasteiger partial charge in [0.2, 0.25) is 10.0 Å². The van der Waals surface area contributed by atoms with Crippen LogP contribution in [0.15, 0.2) is 53.4 Å². The highest BCUT2D eigenvalue weighted by Crippen LogP contribution is 2.25. The van der Waals surface area contributed by atoms with E-state index in [1.807, 2.05) is 30.3 Å². The minimum absolute atomic E-state index is 0.0242. The van der Waals surface area contributed by atoms with Crippen LogP contribution in [0.1, 0.15) is 18.5 Å². The molecule has 2 aromatic carbocycles. The fourth-order valence-electron chi connectivity index (χ4n) is 1.84. The Balaban J connectivity index is 2.28. The fraction of sp³-hybridized carbons (Fsp3) is 0.143. The van der Waals surface area contributed by atoms with Gasteiger partial charge in [0.1, 0.15) is 4.90 Å². The molecule has 0 amide bonds. The Labute approximate surface area is 123 Å². The topological polar surface area (TPSA) is 72.2 Å². The average Bonchev–Trinajstić information content (AvgIpc) is 2.38. The van der Waals surface area contributed by atoms with Crippen molar-refractivity contribution in [3.05, 3.63) is 59.1 Å². The molecule has 0 aliphatic carbocycles. The molecule has 0 aliphatic heterocycles. The van der Waals surface area contributed by atoms with Crippen LogP contribution < -0.4 is 10.5 Å². The van der Waals surface area contributed by atoms with E-state index >= 15 is 0 Å². The van der Waals surface area contributed by atoms with Gasteiger partial charge in [0.25, 0.3) is 0 Å². The number of halogens is 1. The first kappa shape index (κ1) is 14.8. The van der Waals surface area contributed by atoms with Crippen LogP contribution in [0.5, 0.6) is 0 Å². The smallest absolute Gasteiger partial charge is 0.242 e. The summed E-state index contributed by atoms with van der Waals surface area (Å²) in [6.45, 7) is 1.78. The molecule has 20 heavy (non-hydrogen) atoms. The lowest BCUT2D eigenvalue weighted by Gasteiger charge is -2.15. The Bertz CT molecular complexity index is 702. The summed E-state index contributed by atoms with van der Waals surface area (Å²) in [6, 6.07) is 13.3. The summed E-state index contributed by atoms with van der Waals surface area (Å²) in [5, 5.41) is 0.109. The van der Waals surface area contributed by atoms with Gasteiger partial charge in [0.15, 0.2) is 0 Å². The highest BCUT2D eigenvalue weighted by atomic mass is 35.5. The van der Waals surface area contributed by atoms with E-state index in [1.54, 1.807) is 6.92 Å². The molecule has 0 fully saturated rings. The average molecular weight is 311 g/mol. The van der Waals surface area contributed by atoms with Crippen LogP contribution in [0.3, 0.4) is 0 Å². The molecule has 0 aliphatic rings. The maximum Gasteiger partial charge on any atom is 0.242 e. The Kier molecular flexibility index (Phi) is 4.32. The van der Waals surface area contributed by atoms with Crippen molar-refractivity contribution in [3.8, 4) is 0 Å². The number of anilines is 1. The highest BCUT2D eigenvalue weighted by Gasteiger charge is 2.21. The third-order valence-electron chi connectivity index (χ3n) is 2.88. The van der Waals surface area contributed by atoms with Gasteiger partial charge in [0.05, 0.1) is 5.02 Å². The van der Waals surface area contributed by atoms with Gasteiger partial charge in [-0.15, -0.1) is 0 Å². The van der Waals surface area contributed by atoms with Crippen molar-refractivity contribution in [2.24, 2.45) is 0 Å². The molecule has 0 unspecified atom stereocenters. The second-order valence-corrected chi connectivity index (χ2v) is 6.53. The van der Waals surface area contributed by atoms with Crippen LogP contribution in [0, 0.1) is 0 Å². The van der Waals surface area contributed by atoms with Crippen molar-refractivity contribution in [1.82, 2.24) is 4.72 Å². The van der Waals surface area contributed by atoms with Gasteiger partial charge in [-0.05, 0) is 30.7 Å². The second-order valence-electron chi connectivity index (χ2n) is 4.44. The van der Waals surface area contributed by atoms with E-state index in [0.29, 0.717) is 5.69 Å². The van der Waals surface area contributed by atoms with Gasteiger partial charge in [-0.1, -0.05) is 41.9 Å². The minimum atomic E-state index is -3.69. The summed E-state index contributed by atoms with van der Waals surface area (Å²) in [5.41, 5.74) is 6.86. The number of nitrogens with two attached hydrogens (primary N) is 1. The second kappa shape index (κ2) is 5.83. The number of nitrogen functional groups attached to an aromatic ring is 1. The summed E-state index contributed by atoms with van der Waals surface area (Å²) in [5.74, 6) is 0. The number of hydrogen-bond donors (Lipinski definition) is 2. The first-order valence-corrected chi connectivity index (χ1v) is 7.88. The van der Waals surface area contributed by atoms with Crippen molar-refractivity contribution in [2.45, 2.75) is 17.9 Å². The predicted octanol–water partition coefficient (Wildman–Crippen LogP) is 2.96.